The van der Waals surface area contributed by atoms with Gasteiger partial charge < -0.3 is 25.4 Å². The number of ether oxygens (including phenoxy) is 1. The quantitative estimate of drug-likeness (QED) is 0.564. The Morgan fingerprint density at radius 2 is 1.87 bits per heavy atom. The minimum absolute atomic E-state index is 0.206. The number of rotatable bonds is 8. The molecule has 3 amide bonds. The Hall–Kier alpha value is -2.36. The zero-order valence-corrected chi connectivity index (χ0v) is 19.8. The van der Waals surface area contributed by atoms with Crippen LogP contribution in [0.15, 0.2) is 5.38 Å². The van der Waals surface area contributed by atoms with E-state index in [4.69, 9.17) is 4.74 Å². The normalized spacial score (nSPS) is 15.5. The molecule has 3 N–H and O–H groups in total. The lowest BCUT2D eigenvalue weighted by atomic mass is 9.85. The van der Waals surface area contributed by atoms with Gasteiger partial charge in [-0.3, -0.25) is 0 Å². The molecule has 170 valence electrons. The van der Waals surface area contributed by atoms with Gasteiger partial charge in [-0.05, 0) is 40.5 Å². The number of carbonyl (C=O) groups is 3. The highest BCUT2D eigenvalue weighted by Crippen LogP contribution is 2.22. The first kappa shape index (κ1) is 25.7. The van der Waals surface area contributed by atoms with Gasteiger partial charge in [0.25, 0.3) is 0 Å². The van der Waals surface area contributed by atoms with Crippen molar-refractivity contribution in [3.8, 4) is 0 Å². The van der Waals surface area contributed by atoms with Crippen molar-refractivity contribution in [2.45, 2.75) is 78.6 Å². The van der Waals surface area contributed by atoms with Gasteiger partial charge in [-0.15, -0.1) is 11.3 Å². The molecule has 0 aliphatic rings. The number of aromatic nitrogens is 1. The number of nitrogens with zero attached hydrogens (tertiary/aromatic N) is 2. The summed E-state index contributed by atoms with van der Waals surface area (Å²) in [5.41, 5.74) is -1.31. The van der Waals surface area contributed by atoms with Crippen LogP contribution in [0.1, 0.15) is 71.6 Å². The van der Waals surface area contributed by atoms with Crippen LogP contribution < -0.4 is 10.6 Å². The Bertz CT molecular complexity index is 761. The fourth-order valence-corrected chi connectivity index (χ4v) is 3.39. The number of amides is 3. The Balaban J connectivity index is 2.74. The molecule has 3 atom stereocenters. The topological polar surface area (TPSA) is 121 Å². The second kappa shape index (κ2) is 10.1. The van der Waals surface area contributed by atoms with Gasteiger partial charge >= 0.3 is 18.1 Å². The molecule has 1 aromatic heterocycles. The van der Waals surface area contributed by atoms with Gasteiger partial charge in [0.15, 0.2) is 0 Å². The van der Waals surface area contributed by atoms with Crippen molar-refractivity contribution >= 4 is 29.4 Å². The standard InChI is InChI=1S/C20H34N4O5S/c1-9-12(2)20(7,16(25)26)23-17(27)24(8)10-14-11-30-15(22-14)13(3)21-18(28)29-19(4,5)6/h11-13H,9-10H2,1-8H3,(H,21,28)(H,23,27)(H,25,26)/t12-,13-,20-/m0/s1. The van der Waals surface area contributed by atoms with Gasteiger partial charge in [-0.25, -0.2) is 19.4 Å². The third-order valence-electron chi connectivity index (χ3n) is 4.83. The summed E-state index contributed by atoms with van der Waals surface area (Å²) in [6.45, 7) is 12.6. The maximum atomic E-state index is 12.6. The first-order chi connectivity index (χ1) is 13.7. The molecule has 0 unspecified atom stereocenters. The molecule has 0 fully saturated rings. The predicted molar refractivity (Wildman–Crippen MR) is 115 cm³/mol. The van der Waals surface area contributed by atoms with E-state index in [1.807, 2.05) is 6.92 Å². The second-order valence-electron chi connectivity index (χ2n) is 8.65. The highest BCUT2D eigenvalue weighted by Gasteiger charge is 2.40. The summed E-state index contributed by atoms with van der Waals surface area (Å²) < 4.78 is 5.24. The maximum absolute atomic E-state index is 12.6. The van der Waals surface area contributed by atoms with Crippen molar-refractivity contribution in [3.63, 3.8) is 0 Å². The molecule has 1 heterocycles. The van der Waals surface area contributed by atoms with Crippen molar-refractivity contribution in [1.82, 2.24) is 20.5 Å². The van der Waals surface area contributed by atoms with Crippen molar-refractivity contribution in [3.05, 3.63) is 16.1 Å². The molecule has 1 aromatic rings. The lowest BCUT2D eigenvalue weighted by Crippen LogP contribution is -2.58. The number of thiazole rings is 1. The highest BCUT2D eigenvalue weighted by molar-refractivity contribution is 7.09. The number of aliphatic carboxylic acids is 1. The number of carbonyl (C=O) groups excluding carboxylic acids is 2. The molecule has 9 nitrogen and oxygen atoms in total. The molecule has 0 radical (unpaired) electrons. The number of carboxylic acids is 1. The lowest BCUT2D eigenvalue weighted by Gasteiger charge is -2.33. The Morgan fingerprint density at radius 1 is 1.27 bits per heavy atom. The summed E-state index contributed by atoms with van der Waals surface area (Å²) in [7, 11) is 1.58. The van der Waals surface area contributed by atoms with Gasteiger partial charge in [0.05, 0.1) is 18.3 Å². The summed E-state index contributed by atoms with van der Waals surface area (Å²) >= 11 is 1.36. The molecule has 0 bridgehead atoms. The first-order valence-electron chi connectivity index (χ1n) is 9.90. The van der Waals surface area contributed by atoms with Crippen molar-refractivity contribution in [2.24, 2.45) is 5.92 Å². The predicted octanol–water partition coefficient (Wildman–Crippen LogP) is 3.76. The van der Waals surface area contributed by atoms with E-state index >= 15 is 0 Å². The number of hydrogen-bond donors (Lipinski definition) is 3. The molecule has 10 heteroatoms. The minimum Gasteiger partial charge on any atom is -0.480 e. The molecule has 0 aliphatic heterocycles. The molecule has 1 rings (SSSR count). The largest absolute Gasteiger partial charge is 0.480 e. The van der Waals surface area contributed by atoms with E-state index in [0.717, 1.165) is 0 Å². The van der Waals surface area contributed by atoms with E-state index in [0.29, 0.717) is 17.1 Å². The fourth-order valence-electron chi connectivity index (χ4n) is 2.57. The first-order valence-corrected chi connectivity index (χ1v) is 10.8. The summed E-state index contributed by atoms with van der Waals surface area (Å²) in [5, 5.41) is 17.4. The third-order valence-corrected chi connectivity index (χ3v) is 5.90. The number of hydrogen-bond acceptors (Lipinski definition) is 6. The van der Waals surface area contributed by atoms with Crippen molar-refractivity contribution in [1.29, 1.82) is 0 Å². The van der Waals surface area contributed by atoms with Crippen molar-refractivity contribution < 1.29 is 24.2 Å². The van der Waals surface area contributed by atoms with Crippen LogP contribution in [0.2, 0.25) is 0 Å². The van der Waals surface area contributed by atoms with Crippen LogP contribution in [0.4, 0.5) is 9.59 Å². The smallest absolute Gasteiger partial charge is 0.408 e. The Kier molecular flexibility index (Phi) is 8.64. The summed E-state index contributed by atoms with van der Waals surface area (Å²) in [6, 6.07) is -0.840. The monoisotopic (exact) mass is 442 g/mol. The van der Waals surface area contributed by atoms with Crippen LogP contribution in [0.3, 0.4) is 0 Å². The summed E-state index contributed by atoms with van der Waals surface area (Å²) in [6.07, 6.45) is 0.0892. The molecular weight excluding hydrogens is 408 g/mol. The van der Waals surface area contributed by atoms with Crippen LogP contribution in [-0.2, 0) is 16.1 Å². The molecule has 0 aliphatic carbocycles. The maximum Gasteiger partial charge on any atom is 0.408 e. The van der Waals surface area contributed by atoms with Crippen LogP contribution in [-0.4, -0.2) is 51.3 Å². The molecule has 0 aromatic carbocycles. The number of nitrogens with one attached hydrogen (secondary N) is 2. The number of urea groups is 1. The van der Waals surface area contributed by atoms with E-state index in [-0.39, 0.29) is 18.5 Å². The van der Waals surface area contributed by atoms with Gasteiger partial charge in [0, 0.05) is 12.4 Å². The molecule has 0 saturated carbocycles. The molecule has 0 saturated heterocycles. The van der Waals surface area contributed by atoms with Crippen LogP contribution in [0, 0.1) is 5.92 Å². The molecular formula is C20H34N4O5S. The van der Waals surface area contributed by atoms with E-state index in [2.05, 4.69) is 15.6 Å². The fraction of sp³-hybridized carbons (Fsp3) is 0.700. The van der Waals surface area contributed by atoms with E-state index in [1.54, 1.807) is 47.0 Å². The zero-order valence-electron chi connectivity index (χ0n) is 19.0. The number of alkyl carbamates (subject to hydrolysis) is 1. The Morgan fingerprint density at radius 3 is 2.37 bits per heavy atom. The molecule has 0 spiro atoms. The van der Waals surface area contributed by atoms with Crippen molar-refractivity contribution in [2.75, 3.05) is 7.05 Å². The van der Waals surface area contributed by atoms with Crippen LogP contribution in [0.25, 0.3) is 0 Å². The van der Waals surface area contributed by atoms with E-state index in [9.17, 15) is 19.5 Å². The SMILES string of the molecule is CC[C@H](C)[C@](C)(NC(=O)N(C)Cc1csc([C@H](C)NC(=O)OC(C)(C)C)n1)C(=O)O. The van der Waals surface area contributed by atoms with Crippen LogP contribution >= 0.6 is 11.3 Å². The van der Waals surface area contributed by atoms with Gasteiger partial charge in [-0.1, -0.05) is 20.3 Å². The summed E-state index contributed by atoms with van der Waals surface area (Å²) in [5.74, 6) is -1.31. The Labute approximate surface area is 182 Å². The zero-order chi connectivity index (χ0) is 23.3. The van der Waals surface area contributed by atoms with Crippen LogP contribution in [0.5, 0.6) is 0 Å². The highest BCUT2D eigenvalue weighted by atomic mass is 32.1. The van der Waals surface area contributed by atoms with Gasteiger partial charge in [-0.2, -0.15) is 0 Å². The van der Waals surface area contributed by atoms with E-state index in [1.165, 1.54) is 23.2 Å². The third kappa shape index (κ3) is 7.16. The minimum atomic E-state index is -1.36. The second-order valence-corrected chi connectivity index (χ2v) is 9.54. The number of carboxylic acid groups (broad SMARTS) is 1. The van der Waals surface area contributed by atoms with E-state index < -0.39 is 29.2 Å². The van der Waals surface area contributed by atoms with Gasteiger partial charge in [0.2, 0.25) is 0 Å². The summed E-state index contributed by atoms with van der Waals surface area (Å²) in [4.78, 5) is 42.0. The van der Waals surface area contributed by atoms with Gasteiger partial charge in [0.1, 0.15) is 16.1 Å². The average molecular weight is 443 g/mol. The average Bonchev–Trinajstić information content (AvgIpc) is 3.07. The molecule has 30 heavy (non-hydrogen) atoms. The lowest BCUT2D eigenvalue weighted by molar-refractivity contribution is -0.146.